The van der Waals surface area contributed by atoms with Gasteiger partial charge in [-0.15, -0.1) is 0 Å². The van der Waals surface area contributed by atoms with Crippen molar-refractivity contribution in [3.63, 3.8) is 0 Å². The molecule has 0 atom stereocenters. The van der Waals surface area contributed by atoms with Crippen molar-refractivity contribution >= 4 is 11.6 Å². The number of amides is 1. The van der Waals surface area contributed by atoms with E-state index in [2.05, 4.69) is 23.6 Å². The number of hydrogen-bond acceptors (Lipinski definition) is 3. The highest BCUT2D eigenvalue weighted by atomic mass is 16.5. The molecule has 0 bridgehead atoms. The zero-order valence-corrected chi connectivity index (χ0v) is 16.9. The van der Waals surface area contributed by atoms with Gasteiger partial charge in [-0.2, -0.15) is 0 Å². The molecule has 27 heavy (non-hydrogen) atoms. The average Bonchev–Trinajstić information content (AvgIpc) is 2.71. The van der Waals surface area contributed by atoms with Crippen LogP contribution in [0.1, 0.15) is 71.1 Å². The third-order valence-electron chi connectivity index (χ3n) is 4.98. The molecule has 1 aliphatic carbocycles. The fourth-order valence-electron chi connectivity index (χ4n) is 3.30. The van der Waals surface area contributed by atoms with Crippen LogP contribution >= 0.6 is 0 Å². The van der Waals surface area contributed by atoms with E-state index in [0.29, 0.717) is 6.54 Å². The van der Waals surface area contributed by atoms with Crippen molar-refractivity contribution in [1.29, 1.82) is 0 Å². The monoisotopic (exact) mass is 372 g/mol. The maximum absolute atomic E-state index is 12.0. The van der Waals surface area contributed by atoms with Gasteiger partial charge in [0.15, 0.2) is 0 Å². The Balaban J connectivity index is 1.56. The number of ether oxygens (including phenoxy) is 1. The molecule has 0 fully saturated rings. The van der Waals surface area contributed by atoms with Gasteiger partial charge in [0.05, 0.1) is 13.2 Å². The third-order valence-corrected chi connectivity index (χ3v) is 4.98. The van der Waals surface area contributed by atoms with E-state index in [-0.39, 0.29) is 5.91 Å². The Morgan fingerprint density at radius 2 is 1.89 bits per heavy atom. The van der Waals surface area contributed by atoms with E-state index in [9.17, 15) is 4.79 Å². The molecular formula is C23H36N2O2. The summed E-state index contributed by atoms with van der Waals surface area (Å²) in [4.78, 5) is 12.0. The number of nitrogens with one attached hydrogen (secondary N) is 2. The number of allylic oxidation sites excluding steroid dienone is 1. The molecule has 1 aliphatic rings. The van der Waals surface area contributed by atoms with Gasteiger partial charge in [-0.05, 0) is 62.8 Å². The Morgan fingerprint density at radius 1 is 1.07 bits per heavy atom. The predicted molar refractivity (Wildman–Crippen MR) is 113 cm³/mol. The number of benzene rings is 1. The van der Waals surface area contributed by atoms with Gasteiger partial charge in [-0.1, -0.05) is 44.3 Å². The quantitative estimate of drug-likeness (QED) is 0.357. The van der Waals surface area contributed by atoms with Crippen molar-refractivity contribution in [2.75, 3.05) is 25.0 Å². The van der Waals surface area contributed by atoms with Crippen LogP contribution in [0.15, 0.2) is 35.9 Å². The first-order valence-corrected chi connectivity index (χ1v) is 10.7. The molecule has 2 rings (SSSR count). The Hall–Kier alpha value is -1.97. The van der Waals surface area contributed by atoms with Gasteiger partial charge in [-0.25, -0.2) is 0 Å². The molecule has 1 amide bonds. The Labute approximate surface area is 164 Å². The molecule has 0 aliphatic heterocycles. The second kappa shape index (κ2) is 13.2. The third kappa shape index (κ3) is 9.50. The zero-order chi connectivity index (χ0) is 19.2. The molecule has 0 saturated carbocycles. The molecule has 2 N–H and O–H groups in total. The summed E-state index contributed by atoms with van der Waals surface area (Å²) in [7, 11) is 0. The molecular weight excluding hydrogens is 336 g/mol. The minimum absolute atomic E-state index is 0.0406. The molecule has 0 spiro atoms. The lowest BCUT2D eigenvalue weighted by molar-refractivity contribution is -0.119. The second-order valence-corrected chi connectivity index (χ2v) is 7.35. The first kappa shape index (κ1) is 21.3. The van der Waals surface area contributed by atoms with Gasteiger partial charge in [-0.3, -0.25) is 4.79 Å². The Morgan fingerprint density at radius 3 is 2.63 bits per heavy atom. The lowest BCUT2D eigenvalue weighted by atomic mass is 9.97. The maximum Gasteiger partial charge on any atom is 0.239 e. The van der Waals surface area contributed by atoms with Gasteiger partial charge < -0.3 is 15.4 Å². The van der Waals surface area contributed by atoms with Crippen LogP contribution in [-0.2, 0) is 4.79 Å². The topological polar surface area (TPSA) is 50.4 Å². The minimum atomic E-state index is 0.0406. The molecule has 0 heterocycles. The number of carbonyl (C=O) groups is 1. The summed E-state index contributed by atoms with van der Waals surface area (Å²) in [5.41, 5.74) is 2.44. The first-order valence-electron chi connectivity index (χ1n) is 10.7. The van der Waals surface area contributed by atoms with E-state index < -0.39 is 0 Å². The van der Waals surface area contributed by atoms with Crippen molar-refractivity contribution < 1.29 is 9.53 Å². The van der Waals surface area contributed by atoms with Crippen molar-refractivity contribution in [2.24, 2.45) is 0 Å². The number of hydrogen-bond donors (Lipinski definition) is 2. The molecule has 0 radical (unpaired) electrons. The number of rotatable bonds is 13. The Kier molecular flexibility index (Phi) is 10.5. The molecule has 4 nitrogen and oxygen atoms in total. The van der Waals surface area contributed by atoms with Crippen LogP contribution in [0.25, 0.3) is 0 Å². The summed E-state index contributed by atoms with van der Waals surface area (Å²) in [5.74, 6) is 0.931. The molecule has 1 aromatic carbocycles. The van der Waals surface area contributed by atoms with Gasteiger partial charge in [0, 0.05) is 12.2 Å². The van der Waals surface area contributed by atoms with Crippen LogP contribution in [0, 0.1) is 0 Å². The zero-order valence-electron chi connectivity index (χ0n) is 16.9. The molecule has 0 aromatic heterocycles. The van der Waals surface area contributed by atoms with Crippen LogP contribution in [0.5, 0.6) is 5.75 Å². The maximum atomic E-state index is 12.0. The number of carbonyl (C=O) groups excluding carboxylic acids is 1. The lowest BCUT2D eigenvalue weighted by Gasteiger charge is -2.13. The van der Waals surface area contributed by atoms with Gasteiger partial charge in [0.1, 0.15) is 5.75 Å². The highest BCUT2D eigenvalue weighted by molar-refractivity contribution is 5.80. The molecule has 0 saturated heterocycles. The molecule has 150 valence electrons. The number of anilines is 1. The summed E-state index contributed by atoms with van der Waals surface area (Å²) < 4.78 is 5.77. The van der Waals surface area contributed by atoms with E-state index in [0.717, 1.165) is 37.4 Å². The van der Waals surface area contributed by atoms with Crippen molar-refractivity contribution in [1.82, 2.24) is 5.32 Å². The second-order valence-electron chi connectivity index (χ2n) is 7.35. The van der Waals surface area contributed by atoms with E-state index in [1.807, 2.05) is 24.3 Å². The summed E-state index contributed by atoms with van der Waals surface area (Å²) in [6.45, 7) is 4.04. The summed E-state index contributed by atoms with van der Waals surface area (Å²) in [5, 5.41) is 6.16. The van der Waals surface area contributed by atoms with E-state index >= 15 is 0 Å². The predicted octanol–water partition coefficient (Wildman–Crippen LogP) is 5.45. The van der Waals surface area contributed by atoms with Gasteiger partial charge >= 0.3 is 0 Å². The fraction of sp³-hybridized carbons (Fsp3) is 0.609. The van der Waals surface area contributed by atoms with Crippen LogP contribution in [-0.4, -0.2) is 25.6 Å². The summed E-state index contributed by atoms with van der Waals surface area (Å²) in [6, 6.07) is 7.85. The minimum Gasteiger partial charge on any atom is -0.494 e. The van der Waals surface area contributed by atoms with Crippen molar-refractivity contribution in [3.05, 3.63) is 35.9 Å². The average molecular weight is 373 g/mol. The highest BCUT2D eigenvalue weighted by Gasteiger charge is 2.05. The molecule has 0 unspecified atom stereocenters. The summed E-state index contributed by atoms with van der Waals surface area (Å²) in [6.07, 6.45) is 14.5. The fourth-order valence-corrected chi connectivity index (χ4v) is 3.30. The van der Waals surface area contributed by atoms with E-state index in [1.54, 1.807) is 0 Å². The smallest absolute Gasteiger partial charge is 0.239 e. The van der Waals surface area contributed by atoms with Gasteiger partial charge in [0.2, 0.25) is 5.91 Å². The highest BCUT2D eigenvalue weighted by Crippen LogP contribution is 2.19. The summed E-state index contributed by atoms with van der Waals surface area (Å²) >= 11 is 0. The van der Waals surface area contributed by atoms with Crippen molar-refractivity contribution in [2.45, 2.75) is 71.1 Å². The standard InChI is InChI=1S/C23H36N2O2/c1-2-3-4-5-9-18-27-22-14-12-21(13-15-22)25-19-23(26)24-17-16-20-10-7-6-8-11-20/h10,12-15,25H,2-9,11,16-19H2,1H3,(H,24,26). The van der Waals surface area contributed by atoms with Crippen LogP contribution < -0.4 is 15.4 Å². The molecule has 1 aromatic rings. The largest absolute Gasteiger partial charge is 0.494 e. The normalized spacial score (nSPS) is 13.7. The van der Waals surface area contributed by atoms with Crippen LogP contribution in [0.3, 0.4) is 0 Å². The van der Waals surface area contributed by atoms with Crippen LogP contribution in [0.2, 0.25) is 0 Å². The SMILES string of the molecule is CCCCCCCOc1ccc(NCC(=O)NCCC2=CCCCC2)cc1. The van der Waals surface area contributed by atoms with E-state index in [4.69, 9.17) is 4.74 Å². The van der Waals surface area contributed by atoms with Crippen molar-refractivity contribution in [3.8, 4) is 5.75 Å². The molecule has 4 heteroatoms. The lowest BCUT2D eigenvalue weighted by Crippen LogP contribution is -2.30. The first-order chi connectivity index (χ1) is 13.3. The van der Waals surface area contributed by atoms with Gasteiger partial charge in [0.25, 0.3) is 0 Å². The van der Waals surface area contributed by atoms with Crippen LogP contribution in [0.4, 0.5) is 5.69 Å². The van der Waals surface area contributed by atoms with E-state index in [1.165, 1.54) is 56.9 Å². The number of unbranched alkanes of at least 4 members (excludes halogenated alkanes) is 4. The Bertz CT molecular complexity index is 566.